The van der Waals surface area contributed by atoms with E-state index in [9.17, 15) is 4.79 Å². The van der Waals surface area contributed by atoms with Crippen LogP contribution in [0.2, 0.25) is 10.0 Å². The van der Waals surface area contributed by atoms with E-state index in [1.54, 1.807) is 6.07 Å². The zero-order valence-electron chi connectivity index (χ0n) is 15.6. The molecular weight excluding hydrogens is 379 g/mol. The minimum Gasteiger partial charge on any atom is -0.375 e. The van der Waals surface area contributed by atoms with Gasteiger partial charge in [-0.2, -0.15) is 0 Å². The van der Waals surface area contributed by atoms with E-state index < -0.39 is 0 Å². The number of carbonyl (C=O) groups excluding carboxylic acids is 1. The van der Waals surface area contributed by atoms with Gasteiger partial charge in [0, 0.05) is 22.2 Å². The molecule has 0 saturated carbocycles. The number of Topliss-reactive ketones (excluding diaryl/α,β-unsaturated/α-hetero) is 1. The molecule has 1 aliphatic heterocycles. The maximum Gasteiger partial charge on any atom is 0.145 e. The van der Waals surface area contributed by atoms with Gasteiger partial charge in [-0.05, 0) is 47.7 Å². The quantitative estimate of drug-likeness (QED) is 0.583. The number of carbonyl (C=O) groups is 1. The van der Waals surface area contributed by atoms with Crippen LogP contribution in [0.25, 0.3) is 0 Å². The summed E-state index contributed by atoms with van der Waals surface area (Å²) in [6.07, 6.45) is 2.69. The van der Waals surface area contributed by atoms with E-state index in [1.165, 1.54) is 0 Å². The Balaban J connectivity index is 1.91. The Kier molecular flexibility index (Phi) is 4.48. The molecule has 4 rings (SSSR count). The van der Waals surface area contributed by atoms with E-state index in [4.69, 9.17) is 23.2 Å². The highest BCUT2D eigenvalue weighted by Crippen LogP contribution is 2.46. The summed E-state index contributed by atoms with van der Waals surface area (Å²) in [5, 5.41) is 8.24. The van der Waals surface area contributed by atoms with Gasteiger partial charge in [0.05, 0.1) is 23.3 Å². The molecule has 1 heterocycles. The number of anilines is 2. The molecule has 0 spiro atoms. The second-order valence-electron chi connectivity index (χ2n) is 8.17. The van der Waals surface area contributed by atoms with Gasteiger partial charge in [-0.25, -0.2) is 0 Å². The van der Waals surface area contributed by atoms with Gasteiger partial charge in [-0.1, -0.05) is 55.3 Å². The molecule has 2 atom stereocenters. The Bertz CT molecular complexity index is 965. The molecule has 0 fully saturated rings. The zero-order chi connectivity index (χ0) is 19.3. The number of fused-ring (bicyclic) bond motifs is 2. The van der Waals surface area contributed by atoms with Crippen molar-refractivity contribution >= 4 is 40.4 Å². The van der Waals surface area contributed by atoms with Crippen molar-refractivity contribution in [2.45, 2.75) is 33.2 Å². The number of hydrogen-bond donors (Lipinski definition) is 2. The second kappa shape index (κ2) is 6.57. The molecule has 0 amide bonds. The van der Waals surface area contributed by atoms with Gasteiger partial charge < -0.3 is 10.6 Å². The van der Waals surface area contributed by atoms with Gasteiger partial charge in [-0.15, -0.1) is 0 Å². The van der Waals surface area contributed by atoms with Crippen LogP contribution in [0.1, 0.15) is 37.4 Å². The molecule has 0 bridgehead atoms. The van der Waals surface area contributed by atoms with Gasteiger partial charge in [-0.3, -0.25) is 4.79 Å². The number of allylic oxidation sites excluding steroid dienone is 1. The molecule has 0 saturated heterocycles. The number of nitrogens with one attached hydrogen (secondary N) is 2. The summed E-state index contributed by atoms with van der Waals surface area (Å²) in [5.41, 5.74) is 4.71. The van der Waals surface area contributed by atoms with Gasteiger partial charge in [0.25, 0.3) is 0 Å². The third-order valence-electron chi connectivity index (χ3n) is 5.25. The van der Waals surface area contributed by atoms with Gasteiger partial charge >= 0.3 is 0 Å². The summed E-state index contributed by atoms with van der Waals surface area (Å²) < 4.78 is 0. The number of hydrogen-bond acceptors (Lipinski definition) is 3. The third kappa shape index (κ3) is 3.46. The standard InChI is InChI=1S/C22H22Cl2N2O/c1-12-4-7-16-17(8-12)26-21(14-6-5-13(23)9-15(14)24)20-18(25-16)10-22(2,3)11-19(20)27/h4-10,20-21,25-26H,11H2,1-3H3/t20-,21-/m0/s1. The van der Waals surface area contributed by atoms with E-state index in [0.717, 1.165) is 28.2 Å². The van der Waals surface area contributed by atoms with Crippen LogP contribution in [0.4, 0.5) is 11.4 Å². The first-order valence-electron chi connectivity index (χ1n) is 9.08. The highest BCUT2D eigenvalue weighted by atomic mass is 35.5. The van der Waals surface area contributed by atoms with Crippen molar-refractivity contribution in [2.24, 2.45) is 11.3 Å². The van der Waals surface area contributed by atoms with E-state index >= 15 is 0 Å². The van der Waals surface area contributed by atoms with Crippen LogP contribution in [-0.2, 0) is 4.79 Å². The first-order valence-corrected chi connectivity index (χ1v) is 9.84. The molecule has 2 aromatic rings. The van der Waals surface area contributed by atoms with E-state index in [1.807, 2.05) is 18.2 Å². The maximum atomic E-state index is 13.2. The first kappa shape index (κ1) is 18.4. The molecule has 2 aromatic carbocycles. The molecular formula is C22H22Cl2N2O. The molecule has 0 aromatic heterocycles. The lowest BCUT2D eigenvalue weighted by molar-refractivity contribution is -0.124. The fraction of sp³-hybridized carbons (Fsp3) is 0.318. The average Bonchev–Trinajstić information content (AvgIpc) is 2.69. The van der Waals surface area contributed by atoms with Gasteiger partial charge in [0.15, 0.2) is 0 Å². The van der Waals surface area contributed by atoms with E-state index in [-0.39, 0.29) is 23.2 Å². The van der Waals surface area contributed by atoms with Crippen molar-refractivity contribution in [3.05, 3.63) is 69.3 Å². The number of ketones is 1. The zero-order valence-corrected chi connectivity index (χ0v) is 17.1. The topological polar surface area (TPSA) is 41.1 Å². The molecule has 1 aliphatic carbocycles. The fourth-order valence-corrected chi connectivity index (χ4v) is 4.60. The van der Waals surface area contributed by atoms with Crippen LogP contribution in [0.15, 0.2) is 48.2 Å². The fourth-order valence-electron chi connectivity index (χ4n) is 4.08. The van der Waals surface area contributed by atoms with Crippen molar-refractivity contribution in [2.75, 3.05) is 10.6 Å². The highest BCUT2D eigenvalue weighted by Gasteiger charge is 2.42. The molecule has 2 aliphatic rings. The van der Waals surface area contributed by atoms with Crippen LogP contribution < -0.4 is 10.6 Å². The van der Waals surface area contributed by atoms with Crippen LogP contribution in [0.5, 0.6) is 0 Å². The van der Waals surface area contributed by atoms with Crippen LogP contribution in [-0.4, -0.2) is 5.78 Å². The Labute approximate surface area is 169 Å². The molecule has 27 heavy (non-hydrogen) atoms. The van der Waals surface area contributed by atoms with Crippen molar-refractivity contribution < 1.29 is 4.79 Å². The predicted octanol–water partition coefficient (Wildman–Crippen LogP) is 6.38. The van der Waals surface area contributed by atoms with Crippen molar-refractivity contribution in [3.8, 4) is 0 Å². The Morgan fingerprint density at radius 1 is 1.07 bits per heavy atom. The summed E-state index contributed by atoms with van der Waals surface area (Å²) in [7, 11) is 0. The summed E-state index contributed by atoms with van der Waals surface area (Å²) in [4.78, 5) is 13.2. The minimum atomic E-state index is -0.329. The van der Waals surface area contributed by atoms with Crippen LogP contribution in [0, 0.1) is 18.3 Å². The Hall–Kier alpha value is -1.97. The second-order valence-corrected chi connectivity index (χ2v) is 9.01. The van der Waals surface area contributed by atoms with E-state index in [0.29, 0.717) is 16.5 Å². The van der Waals surface area contributed by atoms with Gasteiger partial charge in [0.1, 0.15) is 5.78 Å². The third-order valence-corrected chi connectivity index (χ3v) is 5.82. The number of halogens is 2. The van der Waals surface area contributed by atoms with Crippen molar-refractivity contribution in [3.63, 3.8) is 0 Å². The first-order chi connectivity index (χ1) is 12.7. The summed E-state index contributed by atoms with van der Waals surface area (Å²) in [5.74, 6) is -0.123. The van der Waals surface area contributed by atoms with Crippen LogP contribution >= 0.6 is 23.2 Å². The van der Waals surface area contributed by atoms with E-state index in [2.05, 4.69) is 49.6 Å². The SMILES string of the molecule is Cc1ccc2c(c1)N[C@@H](c1ccc(Cl)cc1Cl)[C@@H]1C(=O)CC(C)(C)C=C1N2. The monoisotopic (exact) mass is 400 g/mol. The molecule has 3 nitrogen and oxygen atoms in total. The summed E-state index contributed by atoms with van der Waals surface area (Å²) in [6, 6.07) is 11.4. The largest absolute Gasteiger partial charge is 0.375 e. The predicted molar refractivity (Wildman–Crippen MR) is 113 cm³/mol. The van der Waals surface area contributed by atoms with Crippen molar-refractivity contribution in [1.29, 1.82) is 0 Å². The molecule has 2 N–H and O–H groups in total. The normalized spacial score (nSPS) is 23.3. The number of benzene rings is 2. The molecule has 140 valence electrons. The van der Waals surface area contributed by atoms with Gasteiger partial charge in [0.2, 0.25) is 0 Å². The molecule has 0 unspecified atom stereocenters. The summed E-state index contributed by atoms with van der Waals surface area (Å²) in [6.45, 7) is 6.24. The lowest BCUT2D eigenvalue weighted by atomic mass is 9.72. The smallest absolute Gasteiger partial charge is 0.145 e. The average molecular weight is 401 g/mol. The number of aryl methyl sites for hydroxylation is 1. The number of rotatable bonds is 1. The minimum absolute atomic E-state index is 0.181. The van der Waals surface area contributed by atoms with Crippen molar-refractivity contribution in [1.82, 2.24) is 0 Å². The maximum absolute atomic E-state index is 13.2. The van der Waals surface area contributed by atoms with Crippen LogP contribution in [0.3, 0.4) is 0 Å². The lowest BCUT2D eigenvalue weighted by Gasteiger charge is -2.35. The summed E-state index contributed by atoms with van der Waals surface area (Å²) >= 11 is 12.6. The Morgan fingerprint density at radius 2 is 1.85 bits per heavy atom. The Morgan fingerprint density at radius 3 is 2.59 bits per heavy atom. The highest BCUT2D eigenvalue weighted by molar-refractivity contribution is 6.35. The lowest BCUT2D eigenvalue weighted by Crippen LogP contribution is -2.36. The molecule has 0 radical (unpaired) electrons. The molecule has 5 heteroatoms.